The maximum absolute atomic E-state index is 11.7. The van der Waals surface area contributed by atoms with Crippen molar-refractivity contribution in [2.24, 2.45) is 5.73 Å². The third kappa shape index (κ3) is 3.59. The first kappa shape index (κ1) is 13.6. The summed E-state index contributed by atoms with van der Waals surface area (Å²) in [6.45, 7) is 1.01. The van der Waals surface area contributed by atoms with Gasteiger partial charge in [-0.2, -0.15) is 0 Å². The van der Waals surface area contributed by atoms with Crippen molar-refractivity contribution in [3.05, 3.63) is 23.8 Å². The lowest BCUT2D eigenvalue weighted by atomic mass is 10.1. The molecule has 1 fully saturated rings. The first-order valence-electron chi connectivity index (χ1n) is 6.11. The van der Waals surface area contributed by atoms with E-state index in [1.165, 1.54) is 12.1 Å². The Morgan fingerprint density at radius 2 is 2.26 bits per heavy atom. The summed E-state index contributed by atoms with van der Waals surface area (Å²) in [6.07, 6.45) is 0.713. The fourth-order valence-electron chi connectivity index (χ4n) is 1.89. The van der Waals surface area contributed by atoms with Gasteiger partial charge in [0.2, 0.25) is 0 Å². The smallest absolute Gasteiger partial charge is 0.323 e. The largest absolute Gasteiger partial charge is 0.504 e. The number of carbonyl (C=O) groups excluding carboxylic acids is 1. The van der Waals surface area contributed by atoms with Gasteiger partial charge in [-0.25, -0.2) is 0 Å². The summed E-state index contributed by atoms with van der Waals surface area (Å²) in [7, 11) is 0. The molecule has 1 saturated heterocycles. The Bertz CT molecular complexity index is 456. The zero-order valence-electron chi connectivity index (χ0n) is 10.4. The minimum atomic E-state index is -0.801. The normalized spacial score (nSPS) is 20.2. The maximum atomic E-state index is 11.7. The summed E-state index contributed by atoms with van der Waals surface area (Å²) < 4.78 is 10.3. The molecule has 1 aliphatic heterocycles. The lowest BCUT2D eigenvalue weighted by molar-refractivity contribution is -0.150. The molecule has 1 aromatic rings. The molecule has 1 aliphatic rings. The molecule has 0 saturated carbocycles. The summed E-state index contributed by atoms with van der Waals surface area (Å²) in [6, 6.07) is 3.53. The van der Waals surface area contributed by atoms with Gasteiger partial charge >= 0.3 is 5.97 Å². The fraction of sp³-hybridized carbons (Fsp3) is 0.462. The van der Waals surface area contributed by atoms with Crippen molar-refractivity contribution >= 4 is 5.97 Å². The van der Waals surface area contributed by atoms with Crippen molar-refractivity contribution in [1.82, 2.24) is 0 Å². The highest BCUT2D eigenvalue weighted by Gasteiger charge is 2.24. The summed E-state index contributed by atoms with van der Waals surface area (Å²) in [5, 5.41) is 18.5. The average molecular weight is 267 g/mol. The van der Waals surface area contributed by atoms with E-state index in [2.05, 4.69) is 0 Å². The number of rotatable bonds is 4. The molecule has 0 bridgehead atoms. The predicted octanol–water partition coefficient (Wildman–Crippen LogP) is 0.300. The number of esters is 1. The van der Waals surface area contributed by atoms with Crippen LogP contribution in [0, 0.1) is 0 Å². The van der Waals surface area contributed by atoms with Gasteiger partial charge in [0.25, 0.3) is 0 Å². The van der Waals surface area contributed by atoms with Crippen LogP contribution >= 0.6 is 0 Å². The van der Waals surface area contributed by atoms with E-state index in [1.54, 1.807) is 6.07 Å². The van der Waals surface area contributed by atoms with E-state index in [9.17, 15) is 15.0 Å². The molecule has 0 aromatic heterocycles. The van der Waals surface area contributed by atoms with E-state index >= 15 is 0 Å². The van der Waals surface area contributed by atoms with E-state index in [-0.39, 0.29) is 24.0 Å². The molecule has 4 N–H and O–H groups in total. The number of carbonyl (C=O) groups is 1. The third-order valence-corrected chi connectivity index (χ3v) is 2.97. The molecule has 1 aromatic carbocycles. The first-order valence-corrected chi connectivity index (χ1v) is 6.11. The van der Waals surface area contributed by atoms with E-state index in [0.717, 1.165) is 0 Å². The van der Waals surface area contributed by atoms with E-state index in [1.807, 2.05) is 0 Å². The van der Waals surface area contributed by atoms with Crippen LogP contribution in [0.5, 0.6) is 11.5 Å². The van der Waals surface area contributed by atoms with Crippen LogP contribution in [0.25, 0.3) is 0 Å². The van der Waals surface area contributed by atoms with Gasteiger partial charge in [-0.1, -0.05) is 6.07 Å². The molecular formula is C13H17NO5. The maximum Gasteiger partial charge on any atom is 0.323 e. The standard InChI is InChI=1S/C13H17NO5/c14-10(13(17)19-9-3-4-18-7-9)5-8-1-2-11(15)12(16)6-8/h1-2,6,9-10,15-16H,3-5,7,14H2/t9?,10-/m0/s1. The molecule has 104 valence electrons. The Balaban J connectivity index is 1.90. The molecular weight excluding hydrogens is 250 g/mol. The van der Waals surface area contributed by atoms with Crippen LogP contribution in [0.3, 0.4) is 0 Å². The van der Waals surface area contributed by atoms with Gasteiger partial charge in [-0.3, -0.25) is 4.79 Å². The van der Waals surface area contributed by atoms with Crippen molar-refractivity contribution in [2.75, 3.05) is 13.2 Å². The SMILES string of the molecule is N[C@@H](Cc1ccc(O)c(O)c1)C(=O)OC1CCOC1. The summed E-state index contributed by atoms with van der Waals surface area (Å²) >= 11 is 0. The third-order valence-electron chi connectivity index (χ3n) is 2.97. The lowest BCUT2D eigenvalue weighted by Crippen LogP contribution is -2.36. The van der Waals surface area contributed by atoms with Gasteiger partial charge < -0.3 is 25.4 Å². The molecule has 6 nitrogen and oxygen atoms in total. The number of nitrogens with two attached hydrogens (primary N) is 1. The highest BCUT2D eigenvalue weighted by atomic mass is 16.6. The molecule has 0 spiro atoms. The monoisotopic (exact) mass is 267 g/mol. The van der Waals surface area contributed by atoms with E-state index < -0.39 is 12.0 Å². The minimum absolute atomic E-state index is 0.206. The van der Waals surface area contributed by atoms with Crippen molar-refractivity contribution < 1.29 is 24.5 Å². The molecule has 1 heterocycles. The number of hydrogen-bond acceptors (Lipinski definition) is 6. The molecule has 1 unspecified atom stereocenters. The zero-order valence-corrected chi connectivity index (χ0v) is 10.4. The van der Waals surface area contributed by atoms with Crippen LogP contribution in [0.4, 0.5) is 0 Å². The Morgan fingerprint density at radius 1 is 1.47 bits per heavy atom. The minimum Gasteiger partial charge on any atom is -0.504 e. The van der Waals surface area contributed by atoms with E-state index in [4.69, 9.17) is 15.2 Å². The number of hydrogen-bond donors (Lipinski definition) is 3. The quantitative estimate of drug-likeness (QED) is 0.535. The number of phenolic OH excluding ortho intramolecular Hbond substituents is 2. The Labute approximate surface area is 110 Å². The molecule has 0 aliphatic carbocycles. The summed E-state index contributed by atoms with van der Waals surface area (Å²) in [5.41, 5.74) is 6.41. The van der Waals surface area contributed by atoms with Crippen LogP contribution in [-0.4, -0.2) is 41.5 Å². The average Bonchev–Trinajstić information content (AvgIpc) is 2.86. The Kier molecular flexibility index (Phi) is 4.24. The molecule has 2 rings (SSSR count). The lowest BCUT2D eigenvalue weighted by Gasteiger charge is -2.15. The van der Waals surface area contributed by atoms with Crippen LogP contribution in [0.2, 0.25) is 0 Å². The number of phenols is 2. The topological polar surface area (TPSA) is 102 Å². The van der Waals surface area contributed by atoms with Gasteiger partial charge in [0, 0.05) is 6.42 Å². The van der Waals surface area contributed by atoms with Gasteiger partial charge in [0.1, 0.15) is 12.1 Å². The van der Waals surface area contributed by atoms with Crippen LogP contribution < -0.4 is 5.73 Å². The molecule has 2 atom stereocenters. The van der Waals surface area contributed by atoms with Gasteiger partial charge in [0.05, 0.1) is 13.2 Å². The van der Waals surface area contributed by atoms with Gasteiger partial charge in [-0.05, 0) is 24.1 Å². The van der Waals surface area contributed by atoms with Crippen molar-refractivity contribution in [2.45, 2.75) is 25.0 Å². The van der Waals surface area contributed by atoms with Crippen LogP contribution in [0.15, 0.2) is 18.2 Å². The fourth-order valence-corrected chi connectivity index (χ4v) is 1.89. The molecule has 0 amide bonds. The van der Waals surface area contributed by atoms with Gasteiger partial charge in [0.15, 0.2) is 11.5 Å². The van der Waals surface area contributed by atoms with Gasteiger partial charge in [-0.15, -0.1) is 0 Å². The molecule has 19 heavy (non-hydrogen) atoms. The predicted molar refractivity (Wildman–Crippen MR) is 66.8 cm³/mol. The summed E-state index contributed by atoms with van der Waals surface area (Å²) in [5.74, 6) is -0.923. The second kappa shape index (κ2) is 5.90. The number of ether oxygens (including phenoxy) is 2. The first-order chi connectivity index (χ1) is 9.06. The van der Waals surface area contributed by atoms with Crippen LogP contribution in [0.1, 0.15) is 12.0 Å². The molecule has 6 heteroatoms. The van der Waals surface area contributed by atoms with Crippen molar-refractivity contribution in [3.63, 3.8) is 0 Å². The molecule has 0 radical (unpaired) electrons. The second-order valence-electron chi connectivity index (χ2n) is 4.56. The van der Waals surface area contributed by atoms with E-state index in [0.29, 0.717) is 25.2 Å². The summed E-state index contributed by atoms with van der Waals surface area (Å²) in [4.78, 5) is 11.7. The number of aromatic hydroxyl groups is 2. The van der Waals surface area contributed by atoms with Crippen molar-refractivity contribution in [3.8, 4) is 11.5 Å². The Hall–Kier alpha value is -1.79. The van der Waals surface area contributed by atoms with Crippen molar-refractivity contribution in [1.29, 1.82) is 0 Å². The van der Waals surface area contributed by atoms with Crippen LogP contribution in [-0.2, 0) is 20.7 Å². The highest BCUT2D eigenvalue weighted by Crippen LogP contribution is 2.25. The number of benzene rings is 1. The Morgan fingerprint density at radius 3 is 2.89 bits per heavy atom. The second-order valence-corrected chi connectivity index (χ2v) is 4.56. The zero-order chi connectivity index (χ0) is 13.8. The highest BCUT2D eigenvalue weighted by molar-refractivity contribution is 5.76.